The van der Waals surface area contributed by atoms with Crippen molar-refractivity contribution in [2.75, 3.05) is 19.4 Å². The van der Waals surface area contributed by atoms with Gasteiger partial charge in [0.2, 0.25) is 0 Å². The minimum absolute atomic E-state index is 0.0753. The van der Waals surface area contributed by atoms with Gasteiger partial charge >= 0.3 is 0 Å². The van der Waals surface area contributed by atoms with Crippen molar-refractivity contribution >= 4 is 17.3 Å². The van der Waals surface area contributed by atoms with E-state index in [0.717, 1.165) is 11.3 Å². The molecule has 0 bridgehead atoms. The summed E-state index contributed by atoms with van der Waals surface area (Å²) < 4.78 is 0. The first-order valence-corrected chi connectivity index (χ1v) is 6.35. The van der Waals surface area contributed by atoms with Gasteiger partial charge in [-0.15, -0.1) is 0 Å². The fourth-order valence-electron chi connectivity index (χ4n) is 1.88. The smallest absolute Gasteiger partial charge is 0.255 e. The van der Waals surface area contributed by atoms with Gasteiger partial charge in [-0.05, 0) is 31.2 Å². The molecule has 0 unspecified atom stereocenters. The lowest BCUT2D eigenvalue weighted by Gasteiger charge is -2.09. The Kier molecular flexibility index (Phi) is 3.97. The van der Waals surface area contributed by atoms with Crippen LogP contribution in [0.15, 0.2) is 48.5 Å². The van der Waals surface area contributed by atoms with Crippen molar-refractivity contribution < 1.29 is 9.69 Å². The number of carbonyl (C=O) groups excluding carboxylic acids is 1. The Labute approximate surface area is 113 Å². The maximum absolute atomic E-state index is 12.1. The van der Waals surface area contributed by atoms with Crippen molar-refractivity contribution in [1.82, 2.24) is 0 Å². The molecule has 0 atom stereocenters. The Morgan fingerprint density at radius 3 is 2.32 bits per heavy atom. The first-order valence-electron chi connectivity index (χ1n) is 6.35. The number of aryl methyl sites for hydroxylation is 1. The molecular weight excluding hydrogens is 236 g/mol. The van der Waals surface area contributed by atoms with E-state index < -0.39 is 0 Å². The van der Waals surface area contributed by atoms with Crippen LogP contribution in [0.1, 0.15) is 15.9 Å². The molecule has 3 heteroatoms. The number of quaternary nitrogens is 1. The second kappa shape index (κ2) is 5.67. The molecule has 1 amide bonds. The maximum atomic E-state index is 12.1. The highest BCUT2D eigenvalue weighted by Crippen LogP contribution is 2.12. The number of benzene rings is 2. The maximum Gasteiger partial charge on any atom is 0.255 e. The fourth-order valence-corrected chi connectivity index (χ4v) is 1.88. The predicted octanol–water partition coefficient (Wildman–Crippen LogP) is 2.02. The van der Waals surface area contributed by atoms with E-state index in [1.807, 2.05) is 55.5 Å². The number of anilines is 1. The molecule has 0 aromatic heterocycles. The van der Waals surface area contributed by atoms with E-state index in [9.17, 15) is 4.79 Å². The minimum Gasteiger partial charge on any atom is -0.322 e. The van der Waals surface area contributed by atoms with Crippen molar-refractivity contribution in [1.29, 1.82) is 0 Å². The highest BCUT2D eigenvalue weighted by atomic mass is 16.1. The summed E-state index contributed by atoms with van der Waals surface area (Å²) >= 11 is 0. The first kappa shape index (κ1) is 13.3. The van der Waals surface area contributed by atoms with Crippen molar-refractivity contribution in [3.05, 3.63) is 59.7 Å². The molecule has 0 radical (unpaired) electrons. The SMILES string of the molecule is Cc1cccc(C(=O)Nc2ccc([NH+](C)C)cc2)c1. The van der Waals surface area contributed by atoms with Crippen LogP contribution >= 0.6 is 0 Å². The summed E-state index contributed by atoms with van der Waals surface area (Å²) in [6.45, 7) is 1.98. The van der Waals surface area contributed by atoms with Gasteiger partial charge < -0.3 is 10.2 Å². The second-order valence-electron chi connectivity index (χ2n) is 4.90. The van der Waals surface area contributed by atoms with Gasteiger partial charge in [0.25, 0.3) is 5.91 Å². The first-order chi connectivity index (χ1) is 9.06. The van der Waals surface area contributed by atoms with E-state index >= 15 is 0 Å². The lowest BCUT2D eigenvalue weighted by molar-refractivity contribution is -0.786. The van der Waals surface area contributed by atoms with Gasteiger partial charge in [-0.25, -0.2) is 0 Å². The van der Waals surface area contributed by atoms with Gasteiger partial charge in [-0.2, -0.15) is 0 Å². The summed E-state index contributed by atoms with van der Waals surface area (Å²) in [7, 11) is 4.14. The molecule has 0 spiro atoms. The molecule has 19 heavy (non-hydrogen) atoms. The molecule has 0 saturated carbocycles. The molecule has 0 aliphatic rings. The van der Waals surface area contributed by atoms with Crippen molar-refractivity contribution in [3.8, 4) is 0 Å². The number of amides is 1. The number of hydrogen-bond donors (Lipinski definition) is 2. The average molecular weight is 255 g/mol. The molecule has 2 rings (SSSR count). The summed E-state index contributed by atoms with van der Waals surface area (Å²) in [5, 5.41) is 2.90. The summed E-state index contributed by atoms with van der Waals surface area (Å²) in [5.41, 5.74) is 3.77. The number of hydrogen-bond acceptors (Lipinski definition) is 1. The third-order valence-electron chi connectivity index (χ3n) is 3.00. The molecule has 98 valence electrons. The Hall–Kier alpha value is -2.13. The largest absolute Gasteiger partial charge is 0.322 e. The zero-order valence-electron chi connectivity index (χ0n) is 11.5. The van der Waals surface area contributed by atoms with Crippen LogP contribution in [0.3, 0.4) is 0 Å². The standard InChI is InChI=1S/C16H18N2O/c1-12-5-4-6-13(11-12)16(19)17-14-7-9-15(10-8-14)18(2)3/h4-11H,1-3H3,(H,17,19)/p+1. The zero-order valence-corrected chi connectivity index (χ0v) is 11.5. The van der Waals surface area contributed by atoms with Crippen LogP contribution in [-0.4, -0.2) is 20.0 Å². The third kappa shape index (κ3) is 3.42. The molecular formula is C16H19N2O+. The summed E-state index contributed by atoms with van der Waals surface area (Å²) in [5.74, 6) is -0.0753. The molecule has 0 aliphatic heterocycles. The van der Waals surface area contributed by atoms with E-state index in [1.54, 1.807) is 0 Å². The molecule has 2 aromatic rings. The van der Waals surface area contributed by atoms with Gasteiger partial charge in [-0.1, -0.05) is 17.7 Å². The molecule has 2 N–H and O–H groups in total. The summed E-state index contributed by atoms with van der Waals surface area (Å²) in [6.07, 6.45) is 0. The highest BCUT2D eigenvalue weighted by molar-refractivity contribution is 6.04. The van der Waals surface area contributed by atoms with E-state index in [-0.39, 0.29) is 5.91 Å². The van der Waals surface area contributed by atoms with E-state index in [1.165, 1.54) is 10.6 Å². The Balaban J connectivity index is 2.10. The summed E-state index contributed by atoms with van der Waals surface area (Å²) in [4.78, 5) is 13.3. The van der Waals surface area contributed by atoms with Gasteiger partial charge in [0.05, 0.1) is 14.1 Å². The number of carbonyl (C=O) groups is 1. The minimum atomic E-state index is -0.0753. The van der Waals surface area contributed by atoms with Crippen LogP contribution in [-0.2, 0) is 0 Å². The predicted molar refractivity (Wildman–Crippen MR) is 78.0 cm³/mol. The van der Waals surface area contributed by atoms with Crippen LogP contribution in [0.5, 0.6) is 0 Å². The zero-order chi connectivity index (χ0) is 13.8. The normalized spacial score (nSPS) is 10.5. The number of rotatable bonds is 3. The van der Waals surface area contributed by atoms with Gasteiger partial charge in [0.1, 0.15) is 5.69 Å². The third-order valence-corrected chi connectivity index (χ3v) is 3.00. The molecule has 0 heterocycles. The van der Waals surface area contributed by atoms with Crippen molar-refractivity contribution in [2.24, 2.45) is 0 Å². The Bertz CT molecular complexity index is 574. The quantitative estimate of drug-likeness (QED) is 0.864. The van der Waals surface area contributed by atoms with Crippen LogP contribution in [0, 0.1) is 6.92 Å². The van der Waals surface area contributed by atoms with Crippen LogP contribution < -0.4 is 10.2 Å². The molecule has 2 aromatic carbocycles. The van der Waals surface area contributed by atoms with Crippen LogP contribution in [0.25, 0.3) is 0 Å². The van der Waals surface area contributed by atoms with Crippen molar-refractivity contribution in [3.63, 3.8) is 0 Å². The molecule has 0 saturated heterocycles. The lowest BCUT2D eigenvalue weighted by Crippen LogP contribution is -3.00. The van der Waals surface area contributed by atoms with Gasteiger partial charge in [0, 0.05) is 23.4 Å². The highest BCUT2D eigenvalue weighted by Gasteiger charge is 2.06. The lowest BCUT2D eigenvalue weighted by atomic mass is 10.1. The van der Waals surface area contributed by atoms with Crippen molar-refractivity contribution in [2.45, 2.75) is 6.92 Å². The second-order valence-corrected chi connectivity index (χ2v) is 4.90. The van der Waals surface area contributed by atoms with Gasteiger partial charge in [0.15, 0.2) is 0 Å². The van der Waals surface area contributed by atoms with Gasteiger partial charge in [-0.3, -0.25) is 4.79 Å². The molecule has 0 aliphatic carbocycles. The Morgan fingerprint density at radius 2 is 1.74 bits per heavy atom. The number of nitrogens with one attached hydrogen (secondary N) is 2. The fraction of sp³-hybridized carbons (Fsp3) is 0.188. The average Bonchev–Trinajstić information content (AvgIpc) is 2.39. The van der Waals surface area contributed by atoms with E-state index in [2.05, 4.69) is 19.4 Å². The van der Waals surface area contributed by atoms with Crippen LogP contribution in [0.2, 0.25) is 0 Å². The van der Waals surface area contributed by atoms with E-state index in [4.69, 9.17) is 0 Å². The molecule has 0 fully saturated rings. The summed E-state index contributed by atoms with van der Waals surface area (Å²) in [6, 6.07) is 15.5. The van der Waals surface area contributed by atoms with E-state index in [0.29, 0.717) is 5.56 Å². The molecule has 3 nitrogen and oxygen atoms in total. The topological polar surface area (TPSA) is 33.5 Å². The monoisotopic (exact) mass is 255 g/mol. The van der Waals surface area contributed by atoms with Crippen LogP contribution in [0.4, 0.5) is 11.4 Å². The Morgan fingerprint density at radius 1 is 1.05 bits per heavy atom.